The smallest absolute Gasteiger partial charge is 0.335 e. The van der Waals surface area contributed by atoms with Crippen LogP contribution in [-0.2, 0) is 7.05 Å². The number of carboxylic acid groups (broad SMARTS) is 1. The summed E-state index contributed by atoms with van der Waals surface area (Å²) in [6, 6.07) is 13.9. The van der Waals surface area contributed by atoms with Crippen molar-refractivity contribution in [2.45, 2.75) is 39.7 Å². The number of nitrogens with one attached hydrogen (secondary N) is 1. The van der Waals surface area contributed by atoms with Crippen LogP contribution >= 0.6 is 0 Å². The number of carbonyl (C=O) groups excluding carboxylic acids is 1. The third kappa shape index (κ3) is 4.94. The molecule has 0 aliphatic heterocycles. The summed E-state index contributed by atoms with van der Waals surface area (Å²) in [6.07, 6.45) is 0. The molecule has 2 aromatic carbocycles. The van der Waals surface area contributed by atoms with Crippen LogP contribution in [0.5, 0.6) is 11.6 Å². The minimum Gasteiger partial charge on any atom is -0.478 e. The van der Waals surface area contributed by atoms with Gasteiger partial charge in [-0.05, 0) is 55.2 Å². The summed E-state index contributed by atoms with van der Waals surface area (Å²) in [5.41, 5.74) is 3.06. The minimum absolute atomic E-state index is 0.199. The van der Waals surface area contributed by atoms with Crippen molar-refractivity contribution >= 4 is 11.9 Å². The van der Waals surface area contributed by atoms with Crippen molar-refractivity contribution in [3.05, 3.63) is 76.5 Å². The average Bonchev–Trinajstić information content (AvgIpc) is 3.01. The summed E-state index contributed by atoms with van der Waals surface area (Å²) in [6.45, 7) is 7.82. The number of benzene rings is 2. The molecule has 1 heterocycles. The molecule has 1 amide bonds. The van der Waals surface area contributed by atoms with Gasteiger partial charge >= 0.3 is 5.97 Å². The first-order chi connectivity index (χ1) is 14.7. The Morgan fingerprint density at radius 3 is 2.35 bits per heavy atom. The highest BCUT2D eigenvalue weighted by atomic mass is 16.5. The molecule has 0 radical (unpaired) electrons. The van der Waals surface area contributed by atoms with Gasteiger partial charge in [-0.1, -0.05) is 38.1 Å². The van der Waals surface area contributed by atoms with Crippen LogP contribution in [0, 0.1) is 6.92 Å². The Hall–Kier alpha value is -3.61. The maximum absolute atomic E-state index is 13.1. The van der Waals surface area contributed by atoms with Gasteiger partial charge in [-0.3, -0.25) is 4.79 Å². The number of hydrogen-bond acceptors (Lipinski definition) is 4. The monoisotopic (exact) mass is 421 g/mol. The lowest BCUT2D eigenvalue weighted by Crippen LogP contribution is -2.27. The van der Waals surface area contributed by atoms with Crippen LogP contribution in [0.1, 0.15) is 70.3 Å². The van der Waals surface area contributed by atoms with E-state index in [9.17, 15) is 9.59 Å². The molecule has 0 saturated heterocycles. The Labute approximate surface area is 181 Å². The molecule has 0 fully saturated rings. The first-order valence-corrected chi connectivity index (χ1v) is 10.1. The third-order valence-corrected chi connectivity index (χ3v) is 5.14. The fourth-order valence-corrected chi connectivity index (χ4v) is 3.33. The lowest BCUT2D eigenvalue weighted by atomic mass is 10.0. The summed E-state index contributed by atoms with van der Waals surface area (Å²) in [5, 5.41) is 16.4. The van der Waals surface area contributed by atoms with Gasteiger partial charge in [-0.25, -0.2) is 9.48 Å². The molecule has 2 N–H and O–H groups in total. The fourth-order valence-electron chi connectivity index (χ4n) is 3.33. The number of carbonyl (C=O) groups is 2. The van der Waals surface area contributed by atoms with E-state index < -0.39 is 5.97 Å². The topological polar surface area (TPSA) is 93.5 Å². The Bertz CT molecular complexity index is 1100. The van der Waals surface area contributed by atoms with Gasteiger partial charge in [0.25, 0.3) is 5.91 Å². The van der Waals surface area contributed by atoms with E-state index in [4.69, 9.17) is 9.84 Å². The first kappa shape index (κ1) is 22.1. The quantitative estimate of drug-likeness (QED) is 0.570. The Morgan fingerprint density at radius 2 is 1.74 bits per heavy atom. The molecule has 0 unspecified atom stereocenters. The highest BCUT2D eigenvalue weighted by molar-refractivity contribution is 5.98. The normalized spacial score (nSPS) is 11.9. The largest absolute Gasteiger partial charge is 0.478 e. The second kappa shape index (κ2) is 9.04. The molecule has 1 aromatic heterocycles. The Morgan fingerprint density at radius 1 is 1.06 bits per heavy atom. The maximum Gasteiger partial charge on any atom is 0.335 e. The molecule has 7 heteroatoms. The lowest BCUT2D eigenvalue weighted by Gasteiger charge is -2.16. The van der Waals surface area contributed by atoms with E-state index in [0.29, 0.717) is 28.8 Å². The molecule has 0 spiro atoms. The van der Waals surface area contributed by atoms with Gasteiger partial charge in [0.05, 0.1) is 17.3 Å². The molecular formula is C24H27N3O4. The summed E-state index contributed by atoms with van der Waals surface area (Å²) in [7, 11) is 1.74. The van der Waals surface area contributed by atoms with Gasteiger partial charge in [0.15, 0.2) is 0 Å². The minimum atomic E-state index is -0.988. The van der Waals surface area contributed by atoms with Crippen LogP contribution in [0.25, 0.3) is 0 Å². The number of aromatic carboxylic acids is 1. The van der Waals surface area contributed by atoms with Crippen LogP contribution in [-0.4, -0.2) is 26.8 Å². The van der Waals surface area contributed by atoms with Crippen LogP contribution in [0.15, 0.2) is 48.5 Å². The molecule has 3 aromatic rings. The summed E-state index contributed by atoms with van der Waals surface area (Å²) in [5.74, 6) is 0.0609. The standard InChI is InChI=1S/C24H27N3O4/c1-14(2)19-7-6-8-20(13-19)31-23-21(16(4)26-27(23)5)22(28)25-15(3)17-9-11-18(12-10-17)24(29)30/h6-15H,1-5H3,(H,25,28)(H,29,30)/t15-/m0/s1. The van der Waals surface area contributed by atoms with Gasteiger partial charge in [0, 0.05) is 7.05 Å². The summed E-state index contributed by atoms with van der Waals surface area (Å²) >= 11 is 0. The van der Waals surface area contributed by atoms with E-state index in [1.54, 1.807) is 30.8 Å². The van der Waals surface area contributed by atoms with Gasteiger partial charge < -0.3 is 15.2 Å². The van der Waals surface area contributed by atoms with E-state index in [1.165, 1.54) is 12.1 Å². The SMILES string of the molecule is Cc1nn(C)c(Oc2cccc(C(C)C)c2)c1C(=O)N[C@@H](C)c1ccc(C(=O)O)cc1. The second-order valence-corrected chi connectivity index (χ2v) is 7.84. The maximum atomic E-state index is 13.1. The third-order valence-electron chi connectivity index (χ3n) is 5.14. The molecule has 31 heavy (non-hydrogen) atoms. The van der Waals surface area contributed by atoms with E-state index in [0.717, 1.165) is 11.1 Å². The number of aromatic nitrogens is 2. The molecule has 0 bridgehead atoms. The summed E-state index contributed by atoms with van der Waals surface area (Å²) < 4.78 is 7.63. The molecular weight excluding hydrogens is 394 g/mol. The van der Waals surface area contributed by atoms with Crippen molar-refractivity contribution in [1.82, 2.24) is 15.1 Å². The number of amides is 1. The zero-order valence-electron chi connectivity index (χ0n) is 18.3. The lowest BCUT2D eigenvalue weighted by molar-refractivity contribution is 0.0696. The van der Waals surface area contributed by atoms with E-state index in [2.05, 4.69) is 24.3 Å². The highest BCUT2D eigenvalue weighted by Gasteiger charge is 2.24. The van der Waals surface area contributed by atoms with Crippen LogP contribution in [0.3, 0.4) is 0 Å². The molecule has 0 aliphatic carbocycles. The second-order valence-electron chi connectivity index (χ2n) is 7.84. The van der Waals surface area contributed by atoms with Crippen molar-refractivity contribution in [2.75, 3.05) is 0 Å². The van der Waals surface area contributed by atoms with Crippen molar-refractivity contribution in [2.24, 2.45) is 7.05 Å². The summed E-state index contributed by atoms with van der Waals surface area (Å²) in [4.78, 5) is 24.1. The van der Waals surface area contributed by atoms with Crippen LogP contribution in [0.4, 0.5) is 0 Å². The van der Waals surface area contributed by atoms with Crippen molar-refractivity contribution in [3.63, 3.8) is 0 Å². The van der Waals surface area contributed by atoms with Crippen LogP contribution < -0.4 is 10.1 Å². The highest BCUT2D eigenvalue weighted by Crippen LogP contribution is 2.29. The van der Waals surface area contributed by atoms with E-state index >= 15 is 0 Å². The predicted octanol–water partition coefficient (Wildman–Crippen LogP) is 4.83. The molecule has 1 atom stereocenters. The molecule has 7 nitrogen and oxygen atoms in total. The van der Waals surface area contributed by atoms with Crippen molar-refractivity contribution < 1.29 is 19.4 Å². The Kier molecular flexibility index (Phi) is 6.44. The molecule has 3 rings (SSSR count). The molecule has 0 aliphatic rings. The molecule has 0 saturated carbocycles. The first-order valence-electron chi connectivity index (χ1n) is 10.1. The molecule has 162 valence electrons. The number of carboxylic acids is 1. The van der Waals surface area contributed by atoms with E-state index in [-0.39, 0.29) is 17.5 Å². The zero-order valence-corrected chi connectivity index (χ0v) is 18.3. The van der Waals surface area contributed by atoms with Gasteiger partial charge in [0.2, 0.25) is 5.88 Å². The number of ether oxygens (including phenoxy) is 1. The van der Waals surface area contributed by atoms with Crippen LogP contribution in [0.2, 0.25) is 0 Å². The van der Waals surface area contributed by atoms with Crippen molar-refractivity contribution in [3.8, 4) is 11.6 Å². The van der Waals surface area contributed by atoms with Gasteiger partial charge in [-0.2, -0.15) is 5.10 Å². The fraction of sp³-hybridized carbons (Fsp3) is 0.292. The zero-order chi connectivity index (χ0) is 22.7. The number of hydrogen-bond donors (Lipinski definition) is 2. The van der Waals surface area contributed by atoms with E-state index in [1.807, 2.05) is 31.2 Å². The van der Waals surface area contributed by atoms with Gasteiger partial charge in [0.1, 0.15) is 11.3 Å². The number of nitrogens with zero attached hydrogens (tertiary/aromatic N) is 2. The van der Waals surface area contributed by atoms with Gasteiger partial charge in [-0.15, -0.1) is 0 Å². The number of rotatable bonds is 7. The van der Waals surface area contributed by atoms with Crippen molar-refractivity contribution in [1.29, 1.82) is 0 Å². The predicted molar refractivity (Wildman–Crippen MR) is 118 cm³/mol. The average molecular weight is 421 g/mol. The Balaban J connectivity index is 1.83. The number of aryl methyl sites for hydroxylation is 2.